The standard InChI is InChI=1S/C10H16NO4/c1-3-4-5-15-10(13)11-6-9(2)7-14-8-12/h2-7H2,1H3,(H,11,13). The number of nitrogens with one attached hydrogen (secondary N) is 1. The molecule has 0 spiro atoms. The van der Waals surface area contributed by atoms with Gasteiger partial charge in [-0.25, -0.2) is 9.59 Å². The number of carbonyl (C=O) groups is 1. The van der Waals surface area contributed by atoms with Crippen LogP contribution in [0, 0.1) is 0 Å². The SMILES string of the molecule is C=C(CNC(=O)OCCCC)CO[C]=O. The second kappa shape index (κ2) is 9.05. The van der Waals surface area contributed by atoms with Crippen LogP contribution in [0.1, 0.15) is 19.8 Å². The van der Waals surface area contributed by atoms with Crippen molar-refractivity contribution in [3.8, 4) is 0 Å². The van der Waals surface area contributed by atoms with E-state index in [4.69, 9.17) is 4.74 Å². The third kappa shape index (κ3) is 8.80. The highest BCUT2D eigenvalue weighted by molar-refractivity contribution is 5.67. The minimum absolute atomic E-state index is 0.0543. The Labute approximate surface area is 89.4 Å². The largest absolute Gasteiger partial charge is 0.453 e. The average Bonchev–Trinajstić information content (AvgIpc) is 2.24. The van der Waals surface area contributed by atoms with Crippen LogP contribution in [0.4, 0.5) is 4.79 Å². The number of hydrogen-bond acceptors (Lipinski definition) is 4. The van der Waals surface area contributed by atoms with Gasteiger partial charge in [0.2, 0.25) is 0 Å². The van der Waals surface area contributed by atoms with E-state index in [0.29, 0.717) is 12.2 Å². The van der Waals surface area contributed by atoms with Gasteiger partial charge in [0.05, 0.1) is 6.61 Å². The van der Waals surface area contributed by atoms with Gasteiger partial charge < -0.3 is 14.8 Å². The van der Waals surface area contributed by atoms with Crippen molar-refractivity contribution in [1.29, 1.82) is 0 Å². The van der Waals surface area contributed by atoms with Crippen LogP contribution in [0.5, 0.6) is 0 Å². The van der Waals surface area contributed by atoms with Crippen LogP contribution in [0.3, 0.4) is 0 Å². The normalized spacial score (nSPS) is 9.13. The molecule has 0 aliphatic carbocycles. The van der Waals surface area contributed by atoms with Crippen LogP contribution >= 0.6 is 0 Å². The molecular weight excluding hydrogens is 198 g/mol. The lowest BCUT2D eigenvalue weighted by Gasteiger charge is -2.07. The molecule has 0 atom stereocenters. The van der Waals surface area contributed by atoms with Gasteiger partial charge >= 0.3 is 12.6 Å². The summed E-state index contributed by atoms with van der Waals surface area (Å²) >= 11 is 0. The minimum atomic E-state index is -0.486. The Kier molecular flexibility index (Phi) is 8.13. The molecule has 0 saturated carbocycles. The summed E-state index contributed by atoms with van der Waals surface area (Å²) in [5.41, 5.74) is 0.575. The van der Waals surface area contributed by atoms with Gasteiger partial charge in [-0.05, 0) is 12.0 Å². The van der Waals surface area contributed by atoms with Crippen molar-refractivity contribution in [2.45, 2.75) is 19.8 Å². The zero-order chi connectivity index (χ0) is 11.5. The maximum Gasteiger partial charge on any atom is 0.417 e. The van der Waals surface area contributed by atoms with Gasteiger partial charge in [0.15, 0.2) is 0 Å². The van der Waals surface area contributed by atoms with Crippen molar-refractivity contribution in [2.24, 2.45) is 0 Å². The second-order valence-corrected chi connectivity index (χ2v) is 2.97. The van der Waals surface area contributed by atoms with E-state index in [9.17, 15) is 9.59 Å². The van der Waals surface area contributed by atoms with Crippen molar-refractivity contribution in [3.05, 3.63) is 12.2 Å². The molecule has 1 N–H and O–H groups in total. The van der Waals surface area contributed by atoms with Crippen LogP contribution in [0.15, 0.2) is 12.2 Å². The molecule has 0 saturated heterocycles. The maximum absolute atomic E-state index is 11.0. The van der Waals surface area contributed by atoms with Crippen LogP contribution in [0.2, 0.25) is 0 Å². The first-order chi connectivity index (χ1) is 7.20. The fourth-order valence-corrected chi connectivity index (χ4v) is 0.740. The molecular formula is C10H16NO4. The molecule has 85 valence electrons. The lowest BCUT2D eigenvalue weighted by atomic mass is 10.3. The highest BCUT2D eigenvalue weighted by Gasteiger charge is 2.02. The third-order valence-electron chi connectivity index (χ3n) is 1.55. The van der Waals surface area contributed by atoms with E-state index >= 15 is 0 Å². The summed E-state index contributed by atoms with van der Waals surface area (Å²) in [4.78, 5) is 20.7. The Bertz CT molecular complexity index is 215. The van der Waals surface area contributed by atoms with E-state index in [0.717, 1.165) is 12.8 Å². The summed E-state index contributed by atoms with van der Waals surface area (Å²) in [6.07, 6.45) is 1.33. The fourth-order valence-electron chi connectivity index (χ4n) is 0.740. The molecule has 0 unspecified atom stereocenters. The number of amides is 1. The quantitative estimate of drug-likeness (QED) is 0.486. The third-order valence-corrected chi connectivity index (χ3v) is 1.55. The molecule has 1 radical (unpaired) electrons. The number of hydrogen-bond donors (Lipinski definition) is 1. The summed E-state index contributed by atoms with van der Waals surface area (Å²) in [6.45, 7) is 7.56. The lowest BCUT2D eigenvalue weighted by molar-refractivity contribution is 0.145. The Morgan fingerprint density at radius 2 is 2.27 bits per heavy atom. The van der Waals surface area contributed by atoms with Crippen molar-refractivity contribution in [2.75, 3.05) is 19.8 Å². The Balaban J connectivity index is 3.44. The first-order valence-corrected chi connectivity index (χ1v) is 4.77. The smallest absolute Gasteiger partial charge is 0.417 e. The van der Waals surface area contributed by atoms with E-state index in [1.54, 1.807) is 0 Å². The zero-order valence-electron chi connectivity index (χ0n) is 8.88. The molecule has 0 heterocycles. The highest BCUT2D eigenvalue weighted by Crippen LogP contribution is 1.91. The molecule has 0 bridgehead atoms. The molecule has 0 aromatic carbocycles. The topological polar surface area (TPSA) is 64.6 Å². The first-order valence-electron chi connectivity index (χ1n) is 4.77. The van der Waals surface area contributed by atoms with Crippen LogP contribution < -0.4 is 5.32 Å². The second-order valence-electron chi connectivity index (χ2n) is 2.97. The van der Waals surface area contributed by atoms with Crippen LogP contribution in [-0.4, -0.2) is 32.3 Å². The molecule has 0 aliphatic heterocycles. The van der Waals surface area contributed by atoms with Crippen molar-refractivity contribution >= 4 is 12.6 Å². The maximum atomic E-state index is 11.0. The van der Waals surface area contributed by atoms with E-state index in [1.165, 1.54) is 6.47 Å². The highest BCUT2D eigenvalue weighted by atomic mass is 16.5. The van der Waals surface area contributed by atoms with Gasteiger partial charge in [-0.3, -0.25) is 0 Å². The minimum Gasteiger partial charge on any atom is -0.453 e. The predicted octanol–water partition coefficient (Wildman–Crippen LogP) is 1.15. The lowest BCUT2D eigenvalue weighted by Crippen LogP contribution is -2.27. The first kappa shape index (κ1) is 13.5. The van der Waals surface area contributed by atoms with Gasteiger partial charge in [-0.2, -0.15) is 0 Å². The molecule has 0 aromatic rings. The van der Waals surface area contributed by atoms with Gasteiger partial charge in [0.1, 0.15) is 6.61 Å². The van der Waals surface area contributed by atoms with Crippen molar-refractivity contribution < 1.29 is 19.1 Å². The number of ether oxygens (including phenoxy) is 2. The molecule has 1 amide bonds. The molecule has 15 heavy (non-hydrogen) atoms. The summed E-state index contributed by atoms with van der Waals surface area (Å²) < 4.78 is 9.16. The van der Waals surface area contributed by atoms with Gasteiger partial charge in [-0.1, -0.05) is 19.9 Å². The van der Waals surface area contributed by atoms with E-state index < -0.39 is 6.09 Å². The summed E-state index contributed by atoms with van der Waals surface area (Å²) in [5, 5.41) is 2.48. The molecule has 5 heteroatoms. The average molecular weight is 214 g/mol. The number of alkyl carbamates (subject to hydrolysis) is 1. The predicted molar refractivity (Wildman–Crippen MR) is 55.0 cm³/mol. The monoisotopic (exact) mass is 214 g/mol. The number of carbonyl (C=O) groups excluding carboxylic acids is 2. The van der Waals surface area contributed by atoms with Crippen molar-refractivity contribution in [3.63, 3.8) is 0 Å². The zero-order valence-corrected chi connectivity index (χ0v) is 8.88. The molecule has 0 fully saturated rings. The van der Waals surface area contributed by atoms with Gasteiger partial charge in [0, 0.05) is 6.54 Å². The molecule has 0 aromatic heterocycles. The van der Waals surface area contributed by atoms with Crippen LogP contribution in [-0.2, 0) is 14.3 Å². The van der Waals surface area contributed by atoms with Crippen LogP contribution in [0.25, 0.3) is 0 Å². The molecule has 0 aliphatic rings. The van der Waals surface area contributed by atoms with Gasteiger partial charge in [-0.15, -0.1) is 0 Å². The Morgan fingerprint density at radius 1 is 1.53 bits per heavy atom. The van der Waals surface area contributed by atoms with E-state index in [1.807, 2.05) is 6.92 Å². The Morgan fingerprint density at radius 3 is 2.87 bits per heavy atom. The van der Waals surface area contributed by atoms with E-state index in [-0.39, 0.29) is 13.2 Å². The number of rotatable bonds is 8. The van der Waals surface area contributed by atoms with Crippen molar-refractivity contribution in [1.82, 2.24) is 5.32 Å². The fraction of sp³-hybridized carbons (Fsp3) is 0.600. The summed E-state index contributed by atoms with van der Waals surface area (Å²) in [5.74, 6) is 0. The summed E-state index contributed by atoms with van der Waals surface area (Å²) in [7, 11) is 0. The summed E-state index contributed by atoms with van der Waals surface area (Å²) in [6, 6.07) is 0. The Hall–Kier alpha value is -1.52. The molecule has 5 nitrogen and oxygen atoms in total. The van der Waals surface area contributed by atoms with E-state index in [2.05, 4.69) is 16.6 Å². The molecule has 0 rings (SSSR count). The van der Waals surface area contributed by atoms with Gasteiger partial charge in [0.25, 0.3) is 0 Å². The number of unbranched alkanes of at least 4 members (excludes halogenated alkanes) is 1.